The number of amides is 2. The van der Waals surface area contributed by atoms with Gasteiger partial charge >= 0.3 is 6.03 Å². The molecule has 1 aromatic rings. The molecule has 8 heteroatoms. The highest BCUT2D eigenvalue weighted by atomic mass is 35.5. The molecule has 7 nitrogen and oxygen atoms in total. The molecule has 0 bridgehead atoms. The minimum absolute atomic E-state index is 0.0810. The summed E-state index contributed by atoms with van der Waals surface area (Å²) in [5.74, 6) is 0.721. The zero-order chi connectivity index (χ0) is 19.9. The number of hydrogen-bond donors (Lipinski definition) is 2. The van der Waals surface area contributed by atoms with Crippen molar-refractivity contribution < 1.29 is 4.79 Å². The van der Waals surface area contributed by atoms with E-state index in [2.05, 4.69) is 16.8 Å². The summed E-state index contributed by atoms with van der Waals surface area (Å²) >= 11 is 6.18. The van der Waals surface area contributed by atoms with Crippen LogP contribution in [-0.4, -0.2) is 67.0 Å². The molecule has 3 aliphatic rings. The molecule has 2 saturated heterocycles. The minimum Gasteiger partial charge on any atom is -0.405 e. The van der Waals surface area contributed by atoms with Crippen molar-refractivity contribution in [1.29, 1.82) is 0 Å². The standard InChI is InChI=1S/C20H27ClN6O/c1-24-7-8-27(17-5-4-16(21)9-15(17)10-24)19(28)26-13-20(14-26)11-25(12-20)18(23)3-2-6-22/h2-6,9H,7-8,10-14,22-23H2,1H3/b6-2-,18-3+. The average Bonchev–Trinajstić information content (AvgIpc) is 2.74. The molecule has 3 aliphatic heterocycles. The maximum Gasteiger partial charge on any atom is 0.324 e. The number of urea groups is 1. The highest BCUT2D eigenvalue weighted by molar-refractivity contribution is 6.30. The number of carbonyl (C=O) groups excluding carboxylic acids is 1. The third-order valence-corrected chi connectivity index (χ3v) is 6.06. The lowest BCUT2D eigenvalue weighted by Gasteiger charge is -2.61. The second-order valence-corrected chi connectivity index (χ2v) is 8.57. The van der Waals surface area contributed by atoms with Crippen molar-refractivity contribution in [1.82, 2.24) is 14.7 Å². The zero-order valence-electron chi connectivity index (χ0n) is 16.1. The Labute approximate surface area is 170 Å². The van der Waals surface area contributed by atoms with Gasteiger partial charge in [-0.25, -0.2) is 4.79 Å². The summed E-state index contributed by atoms with van der Waals surface area (Å²) in [5.41, 5.74) is 13.6. The number of benzene rings is 1. The van der Waals surface area contributed by atoms with E-state index in [1.807, 2.05) is 34.1 Å². The van der Waals surface area contributed by atoms with Gasteiger partial charge in [0.25, 0.3) is 0 Å². The Morgan fingerprint density at radius 3 is 2.61 bits per heavy atom. The SMILES string of the molecule is CN1CCN(C(=O)N2CC3(C2)CN(/C(N)=C/C=C\N)C3)c2ccc(Cl)cc2C1. The van der Waals surface area contributed by atoms with E-state index in [-0.39, 0.29) is 11.4 Å². The number of rotatable bonds is 2. The highest BCUT2D eigenvalue weighted by Crippen LogP contribution is 2.41. The Morgan fingerprint density at radius 1 is 1.18 bits per heavy atom. The van der Waals surface area contributed by atoms with Crippen LogP contribution in [0.1, 0.15) is 5.56 Å². The number of likely N-dealkylation sites (tertiary alicyclic amines) is 2. The normalized spacial score (nSPS) is 22.1. The maximum atomic E-state index is 13.2. The summed E-state index contributed by atoms with van der Waals surface area (Å²) in [5, 5.41) is 0.703. The molecule has 0 aromatic heterocycles. The number of anilines is 1. The summed E-state index contributed by atoms with van der Waals surface area (Å²) in [6, 6.07) is 5.87. The van der Waals surface area contributed by atoms with Gasteiger partial charge in [0.1, 0.15) is 0 Å². The molecule has 0 unspecified atom stereocenters. The van der Waals surface area contributed by atoms with Gasteiger partial charge in [0.2, 0.25) is 0 Å². The summed E-state index contributed by atoms with van der Waals surface area (Å²) in [6.07, 6.45) is 5.01. The Bertz CT molecular complexity index is 824. The number of nitrogens with two attached hydrogens (primary N) is 2. The lowest BCUT2D eigenvalue weighted by molar-refractivity contribution is -0.0782. The smallest absolute Gasteiger partial charge is 0.324 e. The van der Waals surface area contributed by atoms with Gasteiger partial charge in [-0.1, -0.05) is 11.6 Å². The van der Waals surface area contributed by atoms with E-state index >= 15 is 0 Å². The van der Waals surface area contributed by atoms with Crippen molar-refractivity contribution in [2.24, 2.45) is 16.9 Å². The lowest BCUT2D eigenvalue weighted by atomic mass is 9.73. The third kappa shape index (κ3) is 3.40. The van der Waals surface area contributed by atoms with E-state index in [1.165, 1.54) is 6.20 Å². The molecule has 1 aromatic carbocycles. The molecule has 0 saturated carbocycles. The number of likely N-dealkylation sites (N-methyl/N-ethyl adjacent to an activating group) is 1. The Hall–Kier alpha value is -2.38. The van der Waals surface area contributed by atoms with Crippen LogP contribution in [0.2, 0.25) is 5.02 Å². The van der Waals surface area contributed by atoms with Gasteiger partial charge in [-0.2, -0.15) is 0 Å². The van der Waals surface area contributed by atoms with Gasteiger partial charge in [0.05, 0.1) is 11.5 Å². The second kappa shape index (κ2) is 7.22. The highest BCUT2D eigenvalue weighted by Gasteiger charge is 2.54. The lowest BCUT2D eigenvalue weighted by Crippen LogP contribution is -2.74. The molecule has 2 amide bonds. The molecular weight excluding hydrogens is 376 g/mol. The fourth-order valence-corrected chi connectivity index (χ4v) is 4.57. The van der Waals surface area contributed by atoms with E-state index in [0.29, 0.717) is 11.6 Å². The average molecular weight is 403 g/mol. The number of halogens is 1. The van der Waals surface area contributed by atoms with Crippen molar-refractivity contribution in [2.75, 3.05) is 51.2 Å². The van der Waals surface area contributed by atoms with Gasteiger partial charge in [0.15, 0.2) is 0 Å². The van der Waals surface area contributed by atoms with E-state index < -0.39 is 0 Å². The first-order chi connectivity index (χ1) is 13.4. The summed E-state index contributed by atoms with van der Waals surface area (Å²) in [6.45, 7) is 5.62. The number of nitrogens with zero attached hydrogens (tertiary/aromatic N) is 4. The van der Waals surface area contributed by atoms with E-state index in [9.17, 15) is 4.79 Å². The van der Waals surface area contributed by atoms with Crippen LogP contribution in [0.4, 0.5) is 10.5 Å². The fourth-order valence-electron chi connectivity index (χ4n) is 4.38. The van der Waals surface area contributed by atoms with Crippen molar-refractivity contribution in [3.63, 3.8) is 0 Å². The van der Waals surface area contributed by atoms with E-state index in [4.69, 9.17) is 23.1 Å². The van der Waals surface area contributed by atoms with Crippen LogP contribution in [0.3, 0.4) is 0 Å². The molecule has 28 heavy (non-hydrogen) atoms. The monoisotopic (exact) mass is 402 g/mol. The van der Waals surface area contributed by atoms with E-state index in [0.717, 1.165) is 56.3 Å². The first-order valence-corrected chi connectivity index (χ1v) is 9.91. The molecule has 2 fully saturated rings. The fraction of sp³-hybridized carbons (Fsp3) is 0.450. The van der Waals surface area contributed by atoms with Crippen LogP contribution in [-0.2, 0) is 6.54 Å². The summed E-state index contributed by atoms with van der Waals surface area (Å²) in [4.78, 5) is 21.4. The second-order valence-electron chi connectivity index (χ2n) is 8.13. The van der Waals surface area contributed by atoms with Gasteiger partial charge < -0.3 is 26.2 Å². The third-order valence-electron chi connectivity index (χ3n) is 5.83. The minimum atomic E-state index is 0.0810. The largest absolute Gasteiger partial charge is 0.405 e. The molecule has 150 valence electrons. The van der Waals surface area contributed by atoms with Crippen molar-refractivity contribution in [3.05, 3.63) is 53.0 Å². The molecular formula is C20H27ClN6O. The van der Waals surface area contributed by atoms with Crippen LogP contribution in [0.15, 0.2) is 42.4 Å². The Kier molecular flexibility index (Phi) is 4.89. The zero-order valence-corrected chi connectivity index (χ0v) is 16.9. The van der Waals surface area contributed by atoms with E-state index in [1.54, 1.807) is 6.08 Å². The summed E-state index contributed by atoms with van der Waals surface area (Å²) in [7, 11) is 2.07. The Balaban J connectivity index is 1.41. The van der Waals surface area contributed by atoms with Gasteiger partial charge in [-0.3, -0.25) is 4.90 Å². The molecule has 4 N–H and O–H groups in total. The van der Waals surface area contributed by atoms with Crippen molar-refractivity contribution in [2.45, 2.75) is 6.54 Å². The van der Waals surface area contributed by atoms with Gasteiger partial charge in [-0.05, 0) is 49.2 Å². The number of carbonyl (C=O) groups is 1. The molecule has 0 atom stereocenters. The first kappa shape index (κ1) is 19.0. The predicted molar refractivity (Wildman–Crippen MR) is 112 cm³/mol. The number of fused-ring (bicyclic) bond motifs is 1. The number of allylic oxidation sites excluding steroid dienone is 2. The molecule has 1 spiro atoms. The number of hydrogen-bond acceptors (Lipinski definition) is 5. The molecule has 0 aliphatic carbocycles. The topological polar surface area (TPSA) is 82.1 Å². The maximum absolute atomic E-state index is 13.2. The van der Waals surface area contributed by atoms with Crippen LogP contribution < -0.4 is 16.4 Å². The van der Waals surface area contributed by atoms with Crippen molar-refractivity contribution >= 4 is 23.3 Å². The van der Waals surface area contributed by atoms with Crippen LogP contribution >= 0.6 is 11.6 Å². The van der Waals surface area contributed by atoms with Gasteiger partial charge in [0, 0.05) is 56.3 Å². The molecule has 0 radical (unpaired) electrons. The first-order valence-electron chi connectivity index (χ1n) is 9.53. The Morgan fingerprint density at radius 2 is 1.89 bits per heavy atom. The van der Waals surface area contributed by atoms with Crippen LogP contribution in [0.25, 0.3) is 0 Å². The molecule has 4 rings (SSSR count). The summed E-state index contributed by atoms with van der Waals surface area (Å²) < 4.78 is 0. The van der Waals surface area contributed by atoms with Gasteiger partial charge in [-0.15, -0.1) is 0 Å². The van der Waals surface area contributed by atoms with Crippen molar-refractivity contribution in [3.8, 4) is 0 Å². The van der Waals surface area contributed by atoms with Crippen LogP contribution in [0.5, 0.6) is 0 Å². The molecule has 3 heterocycles. The predicted octanol–water partition coefficient (Wildman–Crippen LogP) is 1.60. The van der Waals surface area contributed by atoms with Crippen LogP contribution in [0, 0.1) is 5.41 Å². The quantitative estimate of drug-likeness (QED) is 0.734.